The van der Waals surface area contributed by atoms with Gasteiger partial charge in [0.25, 0.3) is 0 Å². The first-order valence-electron chi connectivity index (χ1n) is 12.6. The van der Waals surface area contributed by atoms with Crippen LogP contribution in [0.15, 0.2) is 65.6 Å². The predicted molar refractivity (Wildman–Crippen MR) is 147 cm³/mol. The van der Waals surface area contributed by atoms with E-state index in [0.717, 1.165) is 17.1 Å². The summed E-state index contributed by atoms with van der Waals surface area (Å²) in [5, 5.41) is 12.5. The van der Waals surface area contributed by atoms with E-state index in [1.807, 2.05) is 0 Å². The van der Waals surface area contributed by atoms with Gasteiger partial charge in [-0.2, -0.15) is 4.31 Å². The lowest BCUT2D eigenvalue weighted by molar-refractivity contribution is -0.138. The minimum Gasteiger partial charge on any atom is -0.490 e. The number of hydrogen-bond donors (Lipinski definition) is 2. The van der Waals surface area contributed by atoms with Crippen molar-refractivity contribution in [1.29, 1.82) is 0 Å². The van der Waals surface area contributed by atoms with Crippen molar-refractivity contribution in [2.75, 3.05) is 6.54 Å². The minimum atomic E-state index is -4.07. The molecule has 210 valence electrons. The number of nitrogens with one attached hydrogen (secondary N) is 1. The van der Waals surface area contributed by atoms with Crippen molar-refractivity contribution >= 4 is 45.1 Å². The maximum atomic E-state index is 14.8. The molecule has 1 aliphatic heterocycles. The Morgan fingerprint density at radius 3 is 2.30 bits per heavy atom. The fraction of sp³-hybridized carbons (Fsp3) is 0.286. The lowest BCUT2D eigenvalue weighted by Gasteiger charge is -2.39. The highest BCUT2D eigenvalue weighted by molar-refractivity contribution is 7.89. The van der Waals surface area contributed by atoms with Crippen LogP contribution in [0, 0.1) is 5.82 Å². The topological polar surface area (TPSA) is 113 Å². The molecule has 0 spiro atoms. The molecule has 1 aliphatic carbocycles. The van der Waals surface area contributed by atoms with Crippen LogP contribution in [0.2, 0.25) is 10.0 Å². The number of aliphatic carboxylic acids is 1. The van der Waals surface area contributed by atoms with Crippen LogP contribution in [0.5, 0.6) is 5.75 Å². The van der Waals surface area contributed by atoms with Crippen molar-refractivity contribution in [2.45, 2.75) is 48.8 Å². The lowest BCUT2D eigenvalue weighted by atomic mass is 9.97. The number of hydrogen-bond acceptors (Lipinski definition) is 5. The summed E-state index contributed by atoms with van der Waals surface area (Å²) < 4.78 is 48.0. The Hall–Kier alpha value is -3.18. The molecule has 1 heterocycles. The normalized spacial score (nSPS) is 18.0. The van der Waals surface area contributed by atoms with Gasteiger partial charge in [-0.1, -0.05) is 53.5 Å². The summed E-state index contributed by atoms with van der Waals surface area (Å²) in [6, 6.07) is 13.0. The predicted octanol–water partition coefficient (Wildman–Crippen LogP) is 5.44. The zero-order valence-corrected chi connectivity index (χ0v) is 23.3. The molecule has 0 bridgehead atoms. The van der Waals surface area contributed by atoms with Crippen LogP contribution in [-0.4, -0.2) is 48.4 Å². The first kappa shape index (κ1) is 28.4. The third-order valence-electron chi connectivity index (χ3n) is 6.81. The first-order valence-corrected chi connectivity index (χ1v) is 14.8. The smallest absolute Gasteiger partial charge is 0.305 e. The largest absolute Gasteiger partial charge is 0.490 e. The van der Waals surface area contributed by atoms with Crippen LogP contribution in [0.3, 0.4) is 0 Å². The number of rotatable bonds is 10. The molecule has 3 aromatic rings. The van der Waals surface area contributed by atoms with Gasteiger partial charge in [-0.25, -0.2) is 12.8 Å². The van der Waals surface area contributed by atoms with E-state index in [4.69, 9.17) is 27.9 Å². The number of carbonyl (C=O) groups excluding carboxylic acids is 1. The molecule has 2 N–H and O–H groups in total. The van der Waals surface area contributed by atoms with Crippen molar-refractivity contribution in [3.63, 3.8) is 0 Å². The molecule has 1 saturated carbocycles. The SMILES string of the molecule is O=C(O)C[C@@H](NC(=O)[C@@H]1CCN1S(=O)(=O)c1cc(Cl)cc(Cl)c1)c1ccc(-c2c(F)cccc2OC2CC2)cc1. The quantitative estimate of drug-likeness (QED) is 0.318. The van der Waals surface area contributed by atoms with Crippen molar-refractivity contribution < 1.29 is 32.2 Å². The van der Waals surface area contributed by atoms with Crippen molar-refractivity contribution in [1.82, 2.24) is 9.62 Å². The molecular formula is C28H25Cl2FN2O6S. The number of halogens is 3. The molecule has 2 atom stereocenters. The molecule has 3 aromatic carbocycles. The van der Waals surface area contributed by atoms with Gasteiger partial charge in [-0.15, -0.1) is 0 Å². The molecule has 2 aliphatic rings. The fourth-order valence-electron chi connectivity index (χ4n) is 4.55. The number of benzene rings is 3. The van der Waals surface area contributed by atoms with Gasteiger partial charge in [-0.05, 0) is 60.7 Å². The van der Waals surface area contributed by atoms with Crippen molar-refractivity contribution in [2.24, 2.45) is 0 Å². The molecule has 0 unspecified atom stereocenters. The zero-order valence-electron chi connectivity index (χ0n) is 21.0. The summed E-state index contributed by atoms with van der Waals surface area (Å²) in [5.41, 5.74) is 1.31. The first-order chi connectivity index (χ1) is 19.0. The van der Waals surface area contributed by atoms with Crippen LogP contribution in [-0.2, 0) is 19.6 Å². The van der Waals surface area contributed by atoms with Gasteiger partial charge in [-0.3, -0.25) is 9.59 Å². The fourth-order valence-corrected chi connectivity index (χ4v) is 6.91. The van der Waals surface area contributed by atoms with Crippen LogP contribution in [0.25, 0.3) is 11.1 Å². The van der Waals surface area contributed by atoms with Gasteiger partial charge in [0.15, 0.2) is 0 Å². The van der Waals surface area contributed by atoms with Gasteiger partial charge in [0, 0.05) is 16.6 Å². The highest BCUT2D eigenvalue weighted by Crippen LogP contribution is 2.37. The standard InChI is InChI=1S/C28H25Cl2FN2O6S/c29-18-12-19(30)14-21(13-18)40(37,38)33-11-10-24(33)28(36)32-23(15-26(34)35)16-4-6-17(7-5-16)27-22(31)2-1-3-25(27)39-20-8-9-20/h1-7,12-14,20,23-24H,8-11,15H2,(H,32,36)(H,34,35)/t23-,24+/m1/s1. The molecule has 1 amide bonds. The van der Waals surface area contributed by atoms with Crippen LogP contribution < -0.4 is 10.1 Å². The summed E-state index contributed by atoms with van der Waals surface area (Å²) >= 11 is 11.9. The minimum absolute atomic E-state index is 0.0701. The summed E-state index contributed by atoms with van der Waals surface area (Å²) in [6.07, 6.45) is 1.72. The van der Waals surface area contributed by atoms with Gasteiger partial charge in [0.05, 0.1) is 29.0 Å². The summed E-state index contributed by atoms with van der Waals surface area (Å²) in [4.78, 5) is 24.7. The second-order valence-electron chi connectivity index (χ2n) is 9.74. The molecule has 2 fully saturated rings. The highest BCUT2D eigenvalue weighted by atomic mass is 35.5. The number of sulfonamides is 1. The highest BCUT2D eigenvalue weighted by Gasteiger charge is 2.43. The molecule has 0 radical (unpaired) electrons. The van der Waals surface area contributed by atoms with E-state index in [0.29, 0.717) is 22.4 Å². The van der Waals surface area contributed by atoms with Crippen LogP contribution >= 0.6 is 23.2 Å². The Kier molecular flexibility index (Phi) is 8.05. The van der Waals surface area contributed by atoms with E-state index in [1.165, 1.54) is 24.3 Å². The molecule has 1 saturated heterocycles. The van der Waals surface area contributed by atoms with E-state index in [2.05, 4.69) is 5.32 Å². The molecule has 5 rings (SSSR count). The number of carbonyl (C=O) groups is 2. The molecule has 0 aromatic heterocycles. The van der Waals surface area contributed by atoms with Crippen LogP contribution in [0.4, 0.5) is 4.39 Å². The Labute approximate surface area is 240 Å². The van der Waals surface area contributed by atoms with E-state index in [1.54, 1.807) is 36.4 Å². The Balaban J connectivity index is 1.35. The average molecular weight is 607 g/mol. The maximum Gasteiger partial charge on any atom is 0.305 e. The van der Waals surface area contributed by atoms with E-state index >= 15 is 0 Å². The van der Waals surface area contributed by atoms with Gasteiger partial charge in [0.2, 0.25) is 15.9 Å². The van der Waals surface area contributed by atoms with E-state index in [-0.39, 0.29) is 34.0 Å². The second-order valence-corrected chi connectivity index (χ2v) is 12.5. The van der Waals surface area contributed by atoms with Gasteiger partial charge >= 0.3 is 5.97 Å². The lowest BCUT2D eigenvalue weighted by Crippen LogP contribution is -2.58. The summed E-state index contributed by atoms with van der Waals surface area (Å²) in [7, 11) is -4.07. The monoisotopic (exact) mass is 606 g/mol. The molecule has 12 heteroatoms. The molecular weight excluding hydrogens is 582 g/mol. The van der Waals surface area contributed by atoms with Crippen molar-refractivity contribution in [3.8, 4) is 16.9 Å². The Bertz CT molecular complexity index is 1540. The van der Waals surface area contributed by atoms with Crippen LogP contribution in [0.1, 0.15) is 37.3 Å². The molecule has 8 nitrogen and oxygen atoms in total. The summed E-state index contributed by atoms with van der Waals surface area (Å²) in [6.45, 7) is 0.108. The van der Waals surface area contributed by atoms with Crippen molar-refractivity contribution in [3.05, 3.63) is 82.1 Å². The Morgan fingerprint density at radius 1 is 1.05 bits per heavy atom. The molecule has 40 heavy (non-hydrogen) atoms. The second kappa shape index (κ2) is 11.4. The zero-order chi connectivity index (χ0) is 28.6. The average Bonchev–Trinajstić information content (AvgIpc) is 3.66. The number of ether oxygens (including phenoxy) is 1. The number of amides is 1. The number of carboxylic acids is 1. The third-order valence-corrected chi connectivity index (χ3v) is 9.13. The third kappa shape index (κ3) is 6.10. The van der Waals surface area contributed by atoms with Gasteiger partial charge < -0.3 is 15.2 Å². The number of carboxylic acid groups (broad SMARTS) is 1. The summed E-state index contributed by atoms with van der Waals surface area (Å²) in [5.74, 6) is -1.81. The van der Waals surface area contributed by atoms with E-state index in [9.17, 15) is 27.5 Å². The van der Waals surface area contributed by atoms with E-state index < -0.39 is 46.2 Å². The number of nitrogens with zero attached hydrogens (tertiary/aromatic N) is 1. The Morgan fingerprint density at radius 2 is 1.73 bits per heavy atom. The maximum absolute atomic E-state index is 14.8. The van der Waals surface area contributed by atoms with Gasteiger partial charge in [0.1, 0.15) is 17.6 Å².